The first kappa shape index (κ1) is 12.0. The van der Waals surface area contributed by atoms with Crippen LogP contribution in [0, 0.1) is 0 Å². The number of hydrogen-bond acceptors (Lipinski definition) is 2. The average Bonchev–Trinajstić information content (AvgIpc) is 2.32. The summed E-state index contributed by atoms with van der Waals surface area (Å²) in [5.74, 6) is 0.0198. The number of carbonyl (C=O) groups excluding carboxylic acids is 2. The van der Waals surface area contributed by atoms with Crippen LogP contribution in [0.5, 0.6) is 0 Å². The SMILES string of the molecule is CCC(CC)N1C(=O)CNC(=O)CC1C. The van der Waals surface area contributed by atoms with Gasteiger partial charge in [-0.2, -0.15) is 0 Å². The van der Waals surface area contributed by atoms with E-state index in [9.17, 15) is 9.59 Å². The average molecular weight is 212 g/mol. The number of carbonyl (C=O) groups is 2. The van der Waals surface area contributed by atoms with Gasteiger partial charge in [-0.25, -0.2) is 0 Å². The standard InChI is InChI=1S/C11H20N2O2/c1-4-9(5-2)13-8(3)6-10(14)12-7-11(13)15/h8-9H,4-7H2,1-3H3,(H,12,14). The lowest BCUT2D eigenvalue weighted by Gasteiger charge is -2.33. The number of amides is 2. The Bertz CT molecular complexity index is 249. The molecule has 1 atom stereocenters. The zero-order valence-corrected chi connectivity index (χ0v) is 9.75. The fourth-order valence-electron chi connectivity index (χ4n) is 2.20. The first-order chi connectivity index (χ1) is 7.10. The summed E-state index contributed by atoms with van der Waals surface area (Å²) in [5, 5.41) is 2.63. The Morgan fingerprint density at radius 2 is 2.00 bits per heavy atom. The summed E-state index contributed by atoms with van der Waals surface area (Å²) in [6.07, 6.45) is 2.31. The molecule has 0 aromatic carbocycles. The van der Waals surface area contributed by atoms with Gasteiger partial charge in [0, 0.05) is 18.5 Å². The van der Waals surface area contributed by atoms with E-state index < -0.39 is 0 Å². The number of hydrogen-bond donors (Lipinski definition) is 1. The molecule has 2 amide bonds. The molecule has 0 bridgehead atoms. The van der Waals surface area contributed by atoms with Crippen LogP contribution in [0.15, 0.2) is 0 Å². The Morgan fingerprint density at radius 3 is 2.53 bits per heavy atom. The summed E-state index contributed by atoms with van der Waals surface area (Å²) in [6.45, 7) is 6.25. The molecule has 0 spiro atoms. The molecule has 4 heteroatoms. The van der Waals surface area contributed by atoms with E-state index in [1.54, 1.807) is 0 Å². The van der Waals surface area contributed by atoms with Crippen LogP contribution in [-0.2, 0) is 9.59 Å². The van der Waals surface area contributed by atoms with E-state index in [-0.39, 0.29) is 30.4 Å². The van der Waals surface area contributed by atoms with Gasteiger partial charge >= 0.3 is 0 Å². The minimum Gasteiger partial charge on any atom is -0.347 e. The van der Waals surface area contributed by atoms with Gasteiger partial charge in [-0.3, -0.25) is 9.59 Å². The monoisotopic (exact) mass is 212 g/mol. The van der Waals surface area contributed by atoms with Crippen LogP contribution in [0.3, 0.4) is 0 Å². The van der Waals surface area contributed by atoms with Crippen LogP contribution in [0.2, 0.25) is 0 Å². The van der Waals surface area contributed by atoms with Crippen LogP contribution in [-0.4, -0.2) is 35.3 Å². The van der Waals surface area contributed by atoms with Gasteiger partial charge < -0.3 is 10.2 Å². The molecule has 1 aliphatic heterocycles. The van der Waals surface area contributed by atoms with Crippen molar-refractivity contribution in [3.8, 4) is 0 Å². The van der Waals surface area contributed by atoms with Gasteiger partial charge in [0.1, 0.15) is 0 Å². The van der Waals surface area contributed by atoms with Crippen molar-refractivity contribution in [1.82, 2.24) is 10.2 Å². The van der Waals surface area contributed by atoms with E-state index in [0.29, 0.717) is 6.42 Å². The molecular formula is C11H20N2O2. The quantitative estimate of drug-likeness (QED) is 0.756. The summed E-state index contributed by atoms with van der Waals surface area (Å²) in [5.41, 5.74) is 0. The van der Waals surface area contributed by atoms with Gasteiger partial charge in [-0.15, -0.1) is 0 Å². The molecule has 1 unspecified atom stereocenters. The van der Waals surface area contributed by atoms with Gasteiger partial charge in [0.2, 0.25) is 11.8 Å². The zero-order chi connectivity index (χ0) is 11.4. The van der Waals surface area contributed by atoms with Gasteiger partial charge in [0.15, 0.2) is 0 Å². The Labute approximate surface area is 91.0 Å². The summed E-state index contributed by atoms with van der Waals surface area (Å²) < 4.78 is 0. The van der Waals surface area contributed by atoms with E-state index >= 15 is 0 Å². The van der Waals surface area contributed by atoms with Crippen molar-refractivity contribution in [3.05, 3.63) is 0 Å². The van der Waals surface area contributed by atoms with Crippen LogP contribution in [0.4, 0.5) is 0 Å². The first-order valence-corrected chi connectivity index (χ1v) is 5.68. The molecule has 1 fully saturated rings. The van der Waals surface area contributed by atoms with E-state index in [4.69, 9.17) is 0 Å². The lowest BCUT2D eigenvalue weighted by Crippen LogP contribution is -2.46. The highest BCUT2D eigenvalue weighted by molar-refractivity contribution is 5.87. The molecule has 0 saturated carbocycles. The Morgan fingerprint density at radius 1 is 1.40 bits per heavy atom. The first-order valence-electron chi connectivity index (χ1n) is 5.68. The minimum absolute atomic E-state index is 0.0184. The van der Waals surface area contributed by atoms with Gasteiger partial charge in [0.05, 0.1) is 6.54 Å². The molecule has 1 rings (SSSR count). The highest BCUT2D eigenvalue weighted by Crippen LogP contribution is 2.16. The van der Waals surface area contributed by atoms with Crippen molar-refractivity contribution in [1.29, 1.82) is 0 Å². The fourth-order valence-corrected chi connectivity index (χ4v) is 2.20. The molecule has 1 aliphatic rings. The van der Waals surface area contributed by atoms with Crippen molar-refractivity contribution >= 4 is 11.8 Å². The lowest BCUT2D eigenvalue weighted by atomic mass is 10.1. The molecule has 1 N–H and O–H groups in total. The highest BCUT2D eigenvalue weighted by Gasteiger charge is 2.30. The molecule has 15 heavy (non-hydrogen) atoms. The van der Waals surface area contributed by atoms with Crippen molar-refractivity contribution in [2.75, 3.05) is 6.54 Å². The van der Waals surface area contributed by atoms with Gasteiger partial charge in [-0.1, -0.05) is 13.8 Å². The van der Waals surface area contributed by atoms with Crippen LogP contribution in [0.1, 0.15) is 40.0 Å². The molecule has 0 radical (unpaired) electrons. The van der Waals surface area contributed by atoms with Crippen LogP contribution >= 0.6 is 0 Å². The predicted molar refractivity (Wildman–Crippen MR) is 58.3 cm³/mol. The van der Waals surface area contributed by atoms with Gasteiger partial charge in [-0.05, 0) is 19.8 Å². The summed E-state index contributed by atoms with van der Waals surface area (Å²) in [6, 6.07) is 0.282. The Hall–Kier alpha value is -1.06. The third-order valence-electron chi connectivity index (χ3n) is 3.02. The lowest BCUT2D eigenvalue weighted by molar-refractivity contribution is -0.134. The minimum atomic E-state index is -0.0238. The topological polar surface area (TPSA) is 49.4 Å². The van der Waals surface area contributed by atoms with E-state index in [1.165, 1.54) is 0 Å². The third kappa shape index (κ3) is 2.70. The normalized spacial score (nSPS) is 22.9. The molecule has 0 aliphatic carbocycles. The smallest absolute Gasteiger partial charge is 0.242 e. The molecule has 86 valence electrons. The molecule has 1 saturated heterocycles. The van der Waals surface area contributed by atoms with E-state index in [0.717, 1.165) is 12.8 Å². The maximum absolute atomic E-state index is 11.8. The summed E-state index contributed by atoms with van der Waals surface area (Å²) in [7, 11) is 0. The van der Waals surface area contributed by atoms with Gasteiger partial charge in [0.25, 0.3) is 0 Å². The molecule has 0 aromatic heterocycles. The summed E-state index contributed by atoms with van der Waals surface area (Å²) >= 11 is 0. The predicted octanol–water partition coefficient (Wildman–Crippen LogP) is 0.912. The second-order valence-electron chi connectivity index (χ2n) is 4.10. The second kappa shape index (κ2) is 5.14. The fraction of sp³-hybridized carbons (Fsp3) is 0.818. The van der Waals surface area contributed by atoms with Crippen molar-refractivity contribution in [2.45, 2.75) is 52.1 Å². The van der Waals surface area contributed by atoms with Crippen molar-refractivity contribution in [2.24, 2.45) is 0 Å². The second-order valence-corrected chi connectivity index (χ2v) is 4.10. The summed E-state index contributed by atoms with van der Waals surface area (Å²) in [4.78, 5) is 25.0. The maximum Gasteiger partial charge on any atom is 0.242 e. The van der Waals surface area contributed by atoms with Crippen molar-refractivity contribution in [3.63, 3.8) is 0 Å². The maximum atomic E-state index is 11.8. The Kier molecular flexibility index (Phi) is 4.12. The molecule has 0 aromatic rings. The third-order valence-corrected chi connectivity index (χ3v) is 3.02. The van der Waals surface area contributed by atoms with Crippen LogP contribution < -0.4 is 5.32 Å². The molecular weight excluding hydrogens is 192 g/mol. The Balaban J connectivity index is 2.82. The van der Waals surface area contributed by atoms with E-state index in [1.807, 2.05) is 11.8 Å². The number of nitrogens with one attached hydrogen (secondary N) is 1. The molecule has 4 nitrogen and oxygen atoms in total. The number of nitrogens with zero attached hydrogens (tertiary/aromatic N) is 1. The zero-order valence-electron chi connectivity index (χ0n) is 9.75. The number of rotatable bonds is 3. The van der Waals surface area contributed by atoms with Crippen molar-refractivity contribution < 1.29 is 9.59 Å². The van der Waals surface area contributed by atoms with Crippen LogP contribution in [0.25, 0.3) is 0 Å². The highest BCUT2D eigenvalue weighted by atomic mass is 16.2. The molecule has 1 heterocycles. The van der Waals surface area contributed by atoms with E-state index in [2.05, 4.69) is 19.2 Å². The largest absolute Gasteiger partial charge is 0.347 e.